The van der Waals surface area contributed by atoms with Gasteiger partial charge in [-0.3, -0.25) is 9.69 Å². The highest BCUT2D eigenvalue weighted by Gasteiger charge is 2.23. The van der Waals surface area contributed by atoms with Gasteiger partial charge in [-0.15, -0.1) is 22.7 Å². The van der Waals surface area contributed by atoms with Crippen LogP contribution in [0.5, 0.6) is 0 Å². The summed E-state index contributed by atoms with van der Waals surface area (Å²) in [5.74, 6) is -0.171. The quantitative estimate of drug-likeness (QED) is 0.631. The molecule has 0 spiro atoms. The van der Waals surface area contributed by atoms with Crippen LogP contribution < -0.4 is 10.2 Å². The molecule has 0 saturated carbocycles. The van der Waals surface area contributed by atoms with E-state index in [2.05, 4.69) is 10.3 Å². The molecule has 3 aromatic rings. The van der Waals surface area contributed by atoms with E-state index >= 15 is 0 Å². The molecule has 0 atom stereocenters. The summed E-state index contributed by atoms with van der Waals surface area (Å²) in [6.45, 7) is 3.10. The summed E-state index contributed by atoms with van der Waals surface area (Å²) in [6, 6.07) is 11.2. The van der Waals surface area contributed by atoms with Gasteiger partial charge in [-0.2, -0.15) is 0 Å². The Labute approximate surface area is 174 Å². The number of aromatic nitrogens is 1. The number of carbonyl (C=O) groups excluding carboxylic acids is 2. The molecule has 28 heavy (non-hydrogen) atoms. The van der Waals surface area contributed by atoms with E-state index in [0.29, 0.717) is 34.6 Å². The van der Waals surface area contributed by atoms with Crippen LogP contribution in [0, 0.1) is 6.92 Å². The van der Waals surface area contributed by atoms with Gasteiger partial charge in [-0.1, -0.05) is 23.7 Å². The standard InChI is InChI=1S/C19H16ClN3O3S2/c1-11-16(28-18(22-11)14-5-6-15(20)27-14)17(24)21-10-12-3-2-4-13(9-12)23-7-8-26-19(23)25/h2-6,9H,7-8,10H2,1H3,(H,21,24). The lowest BCUT2D eigenvalue weighted by molar-refractivity contribution is 0.0954. The van der Waals surface area contributed by atoms with Gasteiger partial charge in [0.15, 0.2) is 0 Å². The maximum Gasteiger partial charge on any atom is 0.414 e. The molecule has 1 fully saturated rings. The number of halogens is 1. The van der Waals surface area contributed by atoms with Crippen LogP contribution in [0.3, 0.4) is 0 Å². The maximum atomic E-state index is 12.6. The normalized spacial score (nSPS) is 13.6. The molecule has 6 nitrogen and oxygen atoms in total. The second-order valence-electron chi connectivity index (χ2n) is 6.16. The van der Waals surface area contributed by atoms with Crippen LogP contribution in [0.2, 0.25) is 4.34 Å². The molecule has 144 valence electrons. The minimum Gasteiger partial charge on any atom is -0.447 e. The van der Waals surface area contributed by atoms with Crippen LogP contribution >= 0.6 is 34.3 Å². The fourth-order valence-corrected chi connectivity index (χ4v) is 4.95. The molecule has 0 aliphatic carbocycles. The molecule has 0 bridgehead atoms. The monoisotopic (exact) mass is 433 g/mol. The molecule has 0 radical (unpaired) electrons. The first-order valence-electron chi connectivity index (χ1n) is 8.56. The molecular weight excluding hydrogens is 418 g/mol. The van der Waals surface area contributed by atoms with Crippen molar-refractivity contribution in [1.29, 1.82) is 0 Å². The van der Waals surface area contributed by atoms with Crippen molar-refractivity contribution in [2.24, 2.45) is 0 Å². The lowest BCUT2D eigenvalue weighted by Crippen LogP contribution is -2.24. The van der Waals surface area contributed by atoms with Crippen molar-refractivity contribution in [3.05, 3.63) is 56.9 Å². The zero-order valence-corrected chi connectivity index (χ0v) is 17.3. The smallest absolute Gasteiger partial charge is 0.414 e. The highest BCUT2D eigenvalue weighted by atomic mass is 35.5. The summed E-state index contributed by atoms with van der Waals surface area (Å²) in [4.78, 5) is 32.0. The van der Waals surface area contributed by atoms with E-state index in [4.69, 9.17) is 16.3 Å². The molecule has 1 saturated heterocycles. The Bertz CT molecular complexity index is 1050. The van der Waals surface area contributed by atoms with Gasteiger partial charge in [-0.25, -0.2) is 9.78 Å². The molecule has 1 N–H and O–H groups in total. The third-order valence-corrected chi connectivity index (χ3v) is 6.78. The fourth-order valence-electron chi connectivity index (χ4n) is 2.87. The molecule has 4 rings (SSSR count). The van der Waals surface area contributed by atoms with Crippen molar-refractivity contribution in [3.63, 3.8) is 0 Å². The van der Waals surface area contributed by atoms with Crippen LogP contribution in [0.1, 0.15) is 20.9 Å². The number of thiazole rings is 1. The van der Waals surface area contributed by atoms with Gasteiger partial charge in [0.25, 0.3) is 5.91 Å². The molecule has 9 heteroatoms. The zero-order chi connectivity index (χ0) is 19.7. The Morgan fingerprint density at radius 1 is 1.32 bits per heavy atom. The number of thiophene rings is 1. The molecule has 1 aliphatic rings. The van der Waals surface area contributed by atoms with Gasteiger partial charge in [0.05, 0.1) is 21.5 Å². The van der Waals surface area contributed by atoms with E-state index in [1.54, 1.807) is 4.90 Å². The van der Waals surface area contributed by atoms with Gasteiger partial charge in [0.2, 0.25) is 0 Å². The lowest BCUT2D eigenvalue weighted by atomic mass is 10.2. The van der Waals surface area contributed by atoms with Crippen molar-refractivity contribution in [2.75, 3.05) is 18.1 Å². The summed E-state index contributed by atoms with van der Waals surface area (Å²) >= 11 is 8.78. The Kier molecular flexibility index (Phi) is 5.34. The number of anilines is 1. The van der Waals surface area contributed by atoms with Crippen LogP contribution in [0.25, 0.3) is 9.88 Å². The largest absolute Gasteiger partial charge is 0.447 e. The van der Waals surface area contributed by atoms with Crippen molar-refractivity contribution in [1.82, 2.24) is 10.3 Å². The predicted octanol–water partition coefficient (Wildman–Crippen LogP) is 4.72. The number of carbonyl (C=O) groups is 2. The summed E-state index contributed by atoms with van der Waals surface area (Å²) in [5.41, 5.74) is 2.36. The summed E-state index contributed by atoms with van der Waals surface area (Å²) in [6.07, 6.45) is -0.345. The van der Waals surface area contributed by atoms with E-state index in [9.17, 15) is 9.59 Å². The Hall–Kier alpha value is -2.42. The number of amides is 2. The van der Waals surface area contributed by atoms with Crippen molar-refractivity contribution in [2.45, 2.75) is 13.5 Å². The van der Waals surface area contributed by atoms with E-state index in [1.807, 2.05) is 43.3 Å². The second kappa shape index (κ2) is 7.90. The molecule has 1 aliphatic heterocycles. The van der Waals surface area contributed by atoms with Crippen molar-refractivity contribution >= 4 is 52.0 Å². The summed E-state index contributed by atoms with van der Waals surface area (Å²) in [7, 11) is 0. The number of cyclic esters (lactones) is 1. The molecule has 3 heterocycles. The number of nitrogens with one attached hydrogen (secondary N) is 1. The number of nitrogens with zero attached hydrogens (tertiary/aromatic N) is 2. The molecule has 2 amide bonds. The molecular formula is C19H16ClN3O3S2. The topological polar surface area (TPSA) is 71.5 Å². The Morgan fingerprint density at radius 3 is 2.89 bits per heavy atom. The van der Waals surface area contributed by atoms with E-state index in [-0.39, 0.29) is 12.0 Å². The SMILES string of the molecule is Cc1nc(-c2ccc(Cl)s2)sc1C(=O)NCc1cccc(N2CCOC2=O)c1. The third kappa shape index (κ3) is 3.89. The Balaban J connectivity index is 1.45. The van der Waals surface area contributed by atoms with E-state index < -0.39 is 0 Å². The van der Waals surface area contributed by atoms with Crippen LogP contribution in [0.4, 0.5) is 10.5 Å². The zero-order valence-electron chi connectivity index (χ0n) is 14.9. The Morgan fingerprint density at radius 2 is 2.18 bits per heavy atom. The number of rotatable bonds is 5. The summed E-state index contributed by atoms with van der Waals surface area (Å²) in [5, 5.41) is 3.72. The maximum absolute atomic E-state index is 12.6. The number of hydrogen-bond donors (Lipinski definition) is 1. The highest BCUT2D eigenvalue weighted by molar-refractivity contribution is 7.24. The minimum absolute atomic E-state index is 0.171. The average Bonchev–Trinajstić information content (AvgIpc) is 3.40. The number of hydrogen-bond acceptors (Lipinski definition) is 6. The molecule has 1 aromatic carbocycles. The lowest BCUT2D eigenvalue weighted by Gasteiger charge is -2.14. The van der Waals surface area contributed by atoms with Crippen LogP contribution in [-0.4, -0.2) is 30.1 Å². The van der Waals surface area contributed by atoms with Gasteiger partial charge >= 0.3 is 6.09 Å². The summed E-state index contributed by atoms with van der Waals surface area (Å²) < 4.78 is 5.66. The van der Waals surface area contributed by atoms with Crippen molar-refractivity contribution in [3.8, 4) is 9.88 Å². The molecule has 0 unspecified atom stereocenters. The predicted molar refractivity (Wildman–Crippen MR) is 111 cm³/mol. The van der Waals surface area contributed by atoms with Crippen molar-refractivity contribution < 1.29 is 14.3 Å². The van der Waals surface area contributed by atoms with E-state index in [1.165, 1.54) is 22.7 Å². The van der Waals surface area contributed by atoms with Crippen LogP contribution in [0.15, 0.2) is 36.4 Å². The highest BCUT2D eigenvalue weighted by Crippen LogP contribution is 2.34. The van der Waals surface area contributed by atoms with E-state index in [0.717, 1.165) is 21.1 Å². The first-order chi connectivity index (χ1) is 13.5. The van der Waals surface area contributed by atoms with Gasteiger partial charge < -0.3 is 10.1 Å². The fraction of sp³-hybridized carbons (Fsp3) is 0.211. The average molecular weight is 434 g/mol. The van der Waals surface area contributed by atoms with Gasteiger partial charge in [0.1, 0.15) is 16.5 Å². The van der Waals surface area contributed by atoms with Gasteiger partial charge in [0, 0.05) is 12.2 Å². The first kappa shape index (κ1) is 18.9. The first-order valence-corrected chi connectivity index (χ1v) is 10.6. The number of benzene rings is 1. The number of aryl methyl sites for hydroxylation is 1. The third-order valence-electron chi connectivity index (χ3n) is 4.22. The number of ether oxygens (including phenoxy) is 1. The molecule has 2 aromatic heterocycles. The van der Waals surface area contributed by atoms with Crippen LogP contribution in [-0.2, 0) is 11.3 Å². The van der Waals surface area contributed by atoms with Gasteiger partial charge in [-0.05, 0) is 36.8 Å². The minimum atomic E-state index is -0.345. The second-order valence-corrected chi connectivity index (χ2v) is 8.87.